The number of carbonyl (C=O) groups is 1. The zero-order chi connectivity index (χ0) is 13.1. The van der Waals surface area contributed by atoms with Crippen LogP contribution >= 0.6 is 0 Å². The highest BCUT2D eigenvalue weighted by atomic mass is 16.5. The molecule has 0 saturated carbocycles. The SMILES string of the molecule is CCOc1cccc(-n2nnc(C(C)=O)c2C)c1. The maximum atomic E-state index is 11.3. The molecule has 2 aromatic rings. The molecule has 1 aromatic heterocycles. The summed E-state index contributed by atoms with van der Waals surface area (Å²) in [5.41, 5.74) is 1.96. The molecule has 0 fully saturated rings. The van der Waals surface area contributed by atoms with E-state index in [9.17, 15) is 4.79 Å². The summed E-state index contributed by atoms with van der Waals surface area (Å²) in [4.78, 5) is 11.3. The number of ketones is 1. The Hall–Kier alpha value is -2.17. The molecular formula is C13H15N3O2. The van der Waals surface area contributed by atoms with E-state index >= 15 is 0 Å². The van der Waals surface area contributed by atoms with Gasteiger partial charge in [0.2, 0.25) is 0 Å². The molecule has 0 amide bonds. The molecule has 0 bridgehead atoms. The minimum absolute atomic E-state index is 0.0836. The van der Waals surface area contributed by atoms with Crippen molar-refractivity contribution in [1.29, 1.82) is 0 Å². The van der Waals surface area contributed by atoms with Crippen molar-refractivity contribution in [3.63, 3.8) is 0 Å². The molecule has 1 heterocycles. The molecule has 0 unspecified atom stereocenters. The summed E-state index contributed by atoms with van der Waals surface area (Å²) >= 11 is 0. The van der Waals surface area contributed by atoms with Gasteiger partial charge in [-0.1, -0.05) is 11.3 Å². The van der Waals surface area contributed by atoms with Crippen LogP contribution in [0, 0.1) is 6.92 Å². The molecule has 0 aliphatic heterocycles. The van der Waals surface area contributed by atoms with Crippen molar-refractivity contribution >= 4 is 5.78 Å². The molecule has 0 aliphatic carbocycles. The summed E-state index contributed by atoms with van der Waals surface area (Å²) in [6.45, 7) is 5.85. The second-order valence-electron chi connectivity index (χ2n) is 3.92. The van der Waals surface area contributed by atoms with E-state index in [1.54, 1.807) is 4.68 Å². The number of nitrogens with zero attached hydrogens (tertiary/aromatic N) is 3. The summed E-state index contributed by atoms with van der Waals surface area (Å²) < 4.78 is 7.07. The van der Waals surface area contributed by atoms with Gasteiger partial charge in [0.25, 0.3) is 0 Å². The van der Waals surface area contributed by atoms with Gasteiger partial charge < -0.3 is 4.74 Å². The molecule has 0 radical (unpaired) electrons. The van der Waals surface area contributed by atoms with Crippen LogP contribution in [0.3, 0.4) is 0 Å². The van der Waals surface area contributed by atoms with Gasteiger partial charge in [-0.3, -0.25) is 4.79 Å². The van der Waals surface area contributed by atoms with Crippen LogP contribution in [0.25, 0.3) is 5.69 Å². The van der Waals surface area contributed by atoms with Gasteiger partial charge in [0.1, 0.15) is 5.75 Å². The Morgan fingerprint density at radius 1 is 1.44 bits per heavy atom. The van der Waals surface area contributed by atoms with Gasteiger partial charge in [0.05, 0.1) is 18.0 Å². The Labute approximate surface area is 105 Å². The van der Waals surface area contributed by atoms with Crippen molar-refractivity contribution in [2.24, 2.45) is 0 Å². The van der Waals surface area contributed by atoms with E-state index in [-0.39, 0.29) is 5.78 Å². The fourth-order valence-corrected chi connectivity index (χ4v) is 1.77. The van der Waals surface area contributed by atoms with Gasteiger partial charge in [0.15, 0.2) is 11.5 Å². The first-order valence-corrected chi connectivity index (χ1v) is 5.80. The average molecular weight is 245 g/mol. The molecule has 0 N–H and O–H groups in total. The highest BCUT2D eigenvalue weighted by Gasteiger charge is 2.13. The normalized spacial score (nSPS) is 10.4. The Morgan fingerprint density at radius 3 is 2.83 bits per heavy atom. The van der Waals surface area contributed by atoms with Gasteiger partial charge in [-0.05, 0) is 26.0 Å². The summed E-state index contributed by atoms with van der Waals surface area (Å²) in [5, 5.41) is 7.89. The number of rotatable bonds is 4. The number of carbonyl (C=O) groups excluding carboxylic acids is 1. The van der Waals surface area contributed by atoms with Crippen LogP contribution in [0.4, 0.5) is 0 Å². The second kappa shape index (κ2) is 5.00. The first-order valence-electron chi connectivity index (χ1n) is 5.80. The molecule has 0 spiro atoms. The lowest BCUT2D eigenvalue weighted by Crippen LogP contribution is -2.01. The minimum Gasteiger partial charge on any atom is -0.494 e. The number of ether oxygens (including phenoxy) is 1. The van der Waals surface area contributed by atoms with Crippen LogP contribution in [0.1, 0.15) is 30.0 Å². The number of hydrogen-bond acceptors (Lipinski definition) is 4. The van der Waals surface area contributed by atoms with Crippen molar-refractivity contribution in [3.05, 3.63) is 35.7 Å². The van der Waals surface area contributed by atoms with Crippen molar-refractivity contribution < 1.29 is 9.53 Å². The third-order valence-corrected chi connectivity index (χ3v) is 2.60. The van der Waals surface area contributed by atoms with Crippen molar-refractivity contribution in [2.75, 3.05) is 6.61 Å². The lowest BCUT2D eigenvalue weighted by atomic mass is 10.2. The smallest absolute Gasteiger partial charge is 0.181 e. The monoisotopic (exact) mass is 245 g/mol. The predicted molar refractivity (Wildman–Crippen MR) is 67.3 cm³/mol. The minimum atomic E-state index is -0.0836. The number of aromatic nitrogens is 3. The lowest BCUT2D eigenvalue weighted by Gasteiger charge is -2.06. The number of Topliss-reactive ketones (excluding diaryl/α,β-unsaturated/α-hetero) is 1. The number of hydrogen-bond donors (Lipinski definition) is 0. The largest absolute Gasteiger partial charge is 0.494 e. The molecular weight excluding hydrogens is 230 g/mol. The Bertz CT molecular complexity index is 575. The summed E-state index contributed by atoms with van der Waals surface area (Å²) in [5.74, 6) is 0.689. The fraction of sp³-hybridized carbons (Fsp3) is 0.308. The molecule has 5 heteroatoms. The first kappa shape index (κ1) is 12.3. The molecule has 5 nitrogen and oxygen atoms in total. The van der Waals surface area contributed by atoms with E-state index in [0.717, 1.165) is 17.1 Å². The molecule has 0 aliphatic rings. The van der Waals surface area contributed by atoms with E-state index in [1.165, 1.54) is 6.92 Å². The Kier molecular flexibility index (Phi) is 3.41. The van der Waals surface area contributed by atoms with Gasteiger partial charge in [-0.25, -0.2) is 4.68 Å². The van der Waals surface area contributed by atoms with Crippen molar-refractivity contribution in [2.45, 2.75) is 20.8 Å². The van der Waals surface area contributed by atoms with E-state index in [0.29, 0.717) is 12.3 Å². The van der Waals surface area contributed by atoms with Crippen molar-refractivity contribution in [1.82, 2.24) is 15.0 Å². The zero-order valence-electron chi connectivity index (χ0n) is 10.7. The van der Waals surface area contributed by atoms with Crippen LogP contribution < -0.4 is 4.74 Å². The van der Waals surface area contributed by atoms with E-state index in [1.807, 2.05) is 38.1 Å². The molecule has 0 saturated heterocycles. The first-order chi connectivity index (χ1) is 8.63. The molecule has 18 heavy (non-hydrogen) atoms. The summed E-state index contributed by atoms with van der Waals surface area (Å²) in [6.07, 6.45) is 0. The fourth-order valence-electron chi connectivity index (χ4n) is 1.77. The van der Waals surface area contributed by atoms with E-state index in [2.05, 4.69) is 10.3 Å². The van der Waals surface area contributed by atoms with Crippen LogP contribution in [-0.4, -0.2) is 27.4 Å². The summed E-state index contributed by atoms with van der Waals surface area (Å²) in [6, 6.07) is 7.53. The van der Waals surface area contributed by atoms with Gasteiger partial charge in [-0.15, -0.1) is 5.10 Å². The lowest BCUT2D eigenvalue weighted by molar-refractivity contribution is 0.101. The third kappa shape index (κ3) is 2.25. The number of benzene rings is 1. The van der Waals surface area contributed by atoms with Gasteiger partial charge >= 0.3 is 0 Å². The maximum absolute atomic E-state index is 11.3. The highest BCUT2D eigenvalue weighted by Crippen LogP contribution is 2.18. The molecule has 1 aromatic carbocycles. The van der Waals surface area contributed by atoms with Gasteiger partial charge in [-0.2, -0.15) is 0 Å². The van der Waals surface area contributed by atoms with E-state index < -0.39 is 0 Å². The Morgan fingerprint density at radius 2 is 2.22 bits per heavy atom. The van der Waals surface area contributed by atoms with Crippen LogP contribution in [0.5, 0.6) is 5.75 Å². The standard InChI is InChI=1S/C13H15N3O2/c1-4-18-12-7-5-6-11(8-12)16-9(2)13(10(3)17)14-15-16/h5-8H,4H2,1-3H3. The maximum Gasteiger partial charge on any atom is 0.181 e. The summed E-state index contributed by atoms with van der Waals surface area (Å²) in [7, 11) is 0. The predicted octanol–water partition coefficient (Wildman–Crippen LogP) is 2.18. The van der Waals surface area contributed by atoms with Gasteiger partial charge in [0, 0.05) is 13.0 Å². The third-order valence-electron chi connectivity index (χ3n) is 2.60. The average Bonchev–Trinajstić information content (AvgIpc) is 2.72. The van der Waals surface area contributed by atoms with E-state index in [4.69, 9.17) is 4.74 Å². The van der Waals surface area contributed by atoms with Crippen molar-refractivity contribution in [3.8, 4) is 11.4 Å². The molecule has 94 valence electrons. The van der Waals surface area contributed by atoms with Crippen LogP contribution in [-0.2, 0) is 0 Å². The molecule has 0 atom stereocenters. The second-order valence-corrected chi connectivity index (χ2v) is 3.92. The quantitative estimate of drug-likeness (QED) is 0.775. The zero-order valence-corrected chi connectivity index (χ0v) is 10.7. The van der Waals surface area contributed by atoms with Crippen LogP contribution in [0.2, 0.25) is 0 Å². The highest BCUT2D eigenvalue weighted by molar-refractivity contribution is 5.93. The topological polar surface area (TPSA) is 57.0 Å². The Balaban J connectivity index is 2.42. The van der Waals surface area contributed by atoms with Crippen LogP contribution in [0.15, 0.2) is 24.3 Å². The molecule has 2 rings (SSSR count).